The Hall–Kier alpha value is -2.45. The summed E-state index contributed by atoms with van der Waals surface area (Å²) in [6.45, 7) is 15.9. The van der Waals surface area contributed by atoms with Crippen LogP contribution >= 0.6 is 0 Å². The van der Waals surface area contributed by atoms with Crippen LogP contribution in [0.2, 0.25) is 18.1 Å². The number of alkyl carbamates (subject to hydrolysis) is 1. The maximum atomic E-state index is 14.2. The zero-order valence-corrected chi connectivity index (χ0v) is 29.8. The summed E-state index contributed by atoms with van der Waals surface area (Å²) in [5.41, 5.74) is -2.19. The molecule has 3 N–H and O–H groups in total. The Morgan fingerprint density at radius 2 is 1.73 bits per heavy atom. The van der Waals surface area contributed by atoms with Crippen molar-refractivity contribution < 1.29 is 36.8 Å². The number of nitrogens with zero attached hydrogens (tertiary/aromatic N) is 1. The van der Waals surface area contributed by atoms with Gasteiger partial charge in [-0.15, -0.1) is 0 Å². The van der Waals surface area contributed by atoms with Gasteiger partial charge in [0, 0.05) is 18.9 Å². The molecule has 5 atom stereocenters. The van der Waals surface area contributed by atoms with Gasteiger partial charge in [0.15, 0.2) is 8.32 Å². The number of ether oxygens (including phenoxy) is 1. The molecule has 12 nitrogen and oxygen atoms in total. The van der Waals surface area contributed by atoms with Crippen molar-refractivity contribution in [2.24, 2.45) is 5.92 Å². The second kappa shape index (κ2) is 12.6. The second-order valence-electron chi connectivity index (χ2n) is 15.6. The summed E-state index contributed by atoms with van der Waals surface area (Å²) in [7, 11) is -6.13. The van der Waals surface area contributed by atoms with Gasteiger partial charge in [0.25, 0.3) is 5.91 Å². The van der Waals surface area contributed by atoms with Gasteiger partial charge < -0.3 is 24.7 Å². The first-order valence-corrected chi connectivity index (χ1v) is 20.6. The monoisotopic (exact) mass is 668 g/mol. The molecule has 254 valence electrons. The molecule has 0 unspecified atom stereocenters. The molecule has 2 heterocycles. The van der Waals surface area contributed by atoms with E-state index in [-0.39, 0.29) is 30.3 Å². The third kappa shape index (κ3) is 8.48. The van der Waals surface area contributed by atoms with E-state index in [2.05, 4.69) is 49.2 Å². The lowest BCUT2D eigenvalue weighted by atomic mass is 10.0. The van der Waals surface area contributed by atoms with E-state index in [9.17, 15) is 27.6 Å². The number of allylic oxidation sites excluding steroid dienone is 1. The number of carbonyl (C=O) groups is 4. The van der Waals surface area contributed by atoms with Crippen LogP contribution in [0.4, 0.5) is 4.79 Å². The van der Waals surface area contributed by atoms with Gasteiger partial charge in [0.05, 0.1) is 11.4 Å². The third-order valence-electron chi connectivity index (χ3n) is 9.55. The van der Waals surface area contributed by atoms with Crippen LogP contribution < -0.4 is 15.4 Å². The van der Waals surface area contributed by atoms with Gasteiger partial charge in [0.1, 0.15) is 23.2 Å². The van der Waals surface area contributed by atoms with Crippen LogP contribution in [0.3, 0.4) is 0 Å². The van der Waals surface area contributed by atoms with Gasteiger partial charge in [-0.05, 0) is 77.4 Å². The number of carbonyl (C=O) groups excluding carboxylic acids is 4. The Kier molecular flexibility index (Phi) is 9.93. The van der Waals surface area contributed by atoms with Gasteiger partial charge in [-0.2, -0.15) is 0 Å². The standard InChI is InChI=1S/C31H52N4O8SSi/c1-29(2,3)42-28(39)32-23-14-12-10-9-11-13-20-18-31(20,27(38)34-44(40,41)22-15-16-22)33-25(36)24-17-21(19-35(24)26(23)37)43-45(7,8)30(4,5)6/h11,13,20-24H,9-10,12,14-19H2,1-8H3,(H,32,39)(H,33,36)(H,34,38)/b13-11-/t20-,21-,23+,24+,31-/m1/s1. The minimum absolute atomic E-state index is 0.110. The largest absolute Gasteiger partial charge is 0.444 e. The van der Waals surface area contributed by atoms with Crippen LogP contribution in [-0.4, -0.2) is 86.6 Å². The van der Waals surface area contributed by atoms with E-state index in [0.29, 0.717) is 32.1 Å². The van der Waals surface area contributed by atoms with E-state index in [1.807, 2.05) is 12.2 Å². The first kappa shape index (κ1) is 35.4. The Morgan fingerprint density at radius 3 is 2.33 bits per heavy atom. The molecule has 14 heteroatoms. The Morgan fingerprint density at radius 1 is 1.07 bits per heavy atom. The van der Waals surface area contributed by atoms with Crippen LogP contribution in [0.5, 0.6) is 0 Å². The van der Waals surface area contributed by atoms with Gasteiger partial charge >= 0.3 is 6.09 Å². The lowest BCUT2D eigenvalue weighted by molar-refractivity contribution is -0.141. The molecule has 1 saturated heterocycles. The molecule has 4 aliphatic rings. The molecule has 4 amide bonds. The molecular formula is C31H52N4O8SSi. The predicted octanol–water partition coefficient (Wildman–Crippen LogP) is 3.48. The molecule has 2 aliphatic carbocycles. The fourth-order valence-electron chi connectivity index (χ4n) is 5.71. The molecule has 4 rings (SSSR count). The molecule has 0 bridgehead atoms. The number of hydrogen-bond donors (Lipinski definition) is 3. The van der Waals surface area contributed by atoms with E-state index < -0.39 is 76.7 Å². The number of sulfonamides is 1. The van der Waals surface area contributed by atoms with Gasteiger partial charge in [-0.1, -0.05) is 39.3 Å². The Balaban J connectivity index is 1.64. The van der Waals surface area contributed by atoms with Gasteiger partial charge in [0.2, 0.25) is 21.8 Å². The number of fused-ring (bicyclic) bond motifs is 2. The van der Waals surface area contributed by atoms with Crippen molar-refractivity contribution in [2.45, 2.75) is 146 Å². The third-order valence-corrected chi connectivity index (χ3v) is 15.9. The lowest BCUT2D eigenvalue weighted by Gasteiger charge is -2.38. The fourth-order valence-corrected chi connectivity index (χ4v) is 8.44. The van der Waals surface area contributed by atoms with Crippen LogP contribution in [0.15, 0.2) is 12.2 Å². The highest BCUT2D eigenvalue weighted by Gasteiger charge is 2.62. The molecule has 3 fully saturated rings. The van der Waals surface area contributed by atoms with Crippen LogP contribution in [0.25, 0.3) is 0 Å². The Labute approximate surface area is 269 Å². The van der Waals surface area contributed by atoms with E-state index in [4.69, 9.17) is 9.16 Å². The van der Waals surface area contributed by atoms with Crippen molar-refractivity contribution in [1.82, 2.24) is 20.3 Å². The lowest BCUT2D eigenvalue weighted by Crippen LogP contribution is -2.58. The number of hydrogen-bond acceptors (Lipinski definition) is 8. The first-order chi connectivity index (χ1) is 20.7. The fraction of sp³-hybridized carbons (Fsp3) is 0.806. The molecule has 45 heavy (non-hydrogen) atoms. The quantitative estimate of drug-likeness (QED) is 0.287. The summed E-state index contributed by atoms with van der Waals surface area (Å²) in [4.78, 5) is 56.0. The zero-order valence-electron chi connectivity index (χ0n) is 28.0. The highest BCUT2D eigenvalue weighted by atomic mass is 32.2. The van der Waals surface area contributed by atoms with Crippen molar-refractivity contribution in [3.63, 3.8) is 0 Å². The minimum atomic E-state index is -3.83. The predicted molar refractivity (Wildman–Crippen MR) is 172 cm³/mol. The SMILES string of the molecule is CC(C)(C)OC(=O)N[C@H]1CCCC/C=C\[C@@H]2C[C@@]2(C(=O)NS(=O)(=O)C2CC2)NC(=O)[C@@H]2C[C@@H](O[Si](C)(C)C(C)(C)C)CN2C1=O. The van der Waals surface area contributed by atoms with Crippen LogP contribution in [-0.2, 0) is 33.6 Å². The maximum absolute atomic E-state index is 14.2. The molecule has 0 spiro atoms. The van der Waals surface area contributed by atoms with Crippen molar-refractivity contribution >= 4 is 42.2 Å². The van der Waals surface area contributed by atoms with Gasteiger partial charge in [-0.25, -0.2) is 13.2 Å². The second-order valence-corrected chi connectivity index (χ2v) is 22.3. The number of amides is 4. The molecule has 2 saturated carbocycles. The number of nitrogens with one attached hydrogen (secondary N) is 3. The minimum Gasteiger partial charge on any atom is -0.444 e. The van der Waals surface area contributed by atoms with Crippen molar-refractivity contribution in [2.75, 3.05) is 6.54 Å². The smallest absolute Gasteiger partial charge is 0.408 e. The summed E-state index contributed by atoms with van der Waals surface area (Å²) in [6.07, 6.45) is 6.48. The highest BCUT2D eigenvalue weighted by Crippen LogP contribution is 2.46. The molecule has 0 aromatic rings. The summed E-state index contributed by atoms with van der Waals surface area (Å²) >= 11 is 0. The van der Waals surface area contributed by atoms with Crippen molar-refractivity contribution in [3.8, 4) is 0 Å². The topological polar surface area (TPSA) is 160 Å². The van der Waals surface area contributed by atoms with Gasteiger partial charge in [-0.3, -0.25) is 19.1 Å². The van der Waals surface area contributed by atoms with Crippen molar-refractivity contribution in [1.29, 1.82) is 0 Å². The van der Waals surface area contributed by atoms with Crippen molar-refractivity contribution in [3.05, 3.63) is 12.2 Å². The van der Waals surface area contributed by atoms with E-state index in [1.54, 1.807) is 20.8 Å². The molecule has 2 aliphatic heterocycles. The first-order valence-electron chi connectivity index (χ1n) is 16.2. The molecule has 0 aromatic carbocycles. The summed E-state index contributed by atoms with van der Waals surface area (Å²) in [5.74, 6) is -2.09. The van der Waals surface area contributed by atoms with E-state index in [1.165, 1.54) is 4.90 Å². The van der Waals surface area contributed by atoms with E-state index in [0.717, 1.165) is 6.42 Å². The average molecular weight is 669 g/mol. The Bertz CT molecular complexity index is 1320. The zero-order chi connectivity index (χ0) is 33.6. The molecule has 0 aromatic heterocycles. The average Bonchev–Trinajstić information content (AvgIpc) is 3.80. The maximum Gasteiger partial charge on any atom is 0.408 e. The molecule has 0 radical (unpaired) electrons. The van der Waals surface area contributed by atoms with E-state index >= 15 is 0 Å². The molecular weight excluding hydrogens is 617 g/mol. The number of rotatable bonds is 6. The summed E-state index contributed by atoms with van der Waals surface area (Å²) in [5, 5.41) is 4.92. The van der Waals surface area contributed by atoms with Crippen LogP contribution in [0, 0.1) is 5.92 Å². The normalized spacial score (nSPS) is 30.7. The summed E-state index contributed by atoms with van der Waals surface area (Å²) in [6, 6.07) is -1.91. The summed E-state index contributed by atoms with van der Waals surface area (Å²) < 4.78 is 39.7. The highest BCUT2D eigenvalue weighted by molar-refractivity contribution is 7.91. The van der Waals surface area contributed by atoms with Crippen LogP contribution in [0.1, 0.15) is 92.9 Å².